The van der Waals surface area contributed by atoms with Gasteiger partial charge in [0.2, 0.25) is 0 Å². The van der Waals surface area contributed by atoms with Gasteiger partial charge in [-0.15, -0.1) is 0 Å². The number of amides is 2. The highest BCUT2D eigenvalue weighted by Crippen LogP contribution is 2.23. The lowest BCUT2D eigenvalue weighted by Gasteiger charge is -2.08. The number of aromatic amines is 1. The molecule has 0 spiro atoms. The van der Waals surface area contributed by atoms with Crippen molar-refractivity contribution in [3.05, 3.63) is 96.1 Å². The first-order valence-electron chi connectivity index (χ1n) is 9.28. The fourth-order valence-corrected chi connectivity index (χ4v) is 2.94. The first-order chi connectivity index (χ1) is 14.6. The van der Waals surface area contributed by atoms with Gasteiger partial charge in [-0.05, 0) is 36.4 Å². The molecule has 0 saturated heterocycles. The highest BCUT2D eigenvalue weighted by molar-refractivity contribution is 6.06. The Morgan fingerprint density at radius 1 is 0.767 bits per heavy atom. The minimum absolute atomic E-state index is 0.248. The van der Waals surface area contributed by atoms with Gasteiger partial charge in [-0.1, -0.05) is 42.5 Å². The zero-order valence-corrected chi connectivity index (χ0v) is 15.9. The molecule has 1 heterocycles. The van der Waals surface area contributed by atoms with Crippen molar-refractivity contribution < 1.29 is 9.59 Å². The van der Waals surface area contributed by atoms with Gasteiger partial charge in [0.15, 0.2) is 5.82 Å². The van der Waals surface area contributed by atoms with Crippen LogP contribution in [0.1, 0.15) is 20.7 Å². The number of hydrogen-bond donors (Lipinski definition) is 4. The van der Waals surface area contributed by atoms with E-state index in [4.69, 9.17) is 5.73 Å². The highest BCUT2D eigenvalue weighted by atomic mass is 16.2. The molecule has 2 amide bonds. The van der Waals surface area contributed by atoms with E-state index in [1.54, 1.807) is 72.8 Å². The molecule has 0 aliphatic heterocycles. The number of carbonyl (C=O) groups is 2. The monoisotopic (exact) mass is 397 g/mol. The lowest BCUT2D eigenvalue weighted by molar-refractivity contribution is 0.101. The molecular weight excluding hydrogens is 378 g/mol. The summed E-state index contributed by atoms with van der Waals surface area (Å²) in [5, 5.41) is 12.6. The molecule has 5 N–H and O–H groups in total. The second-order valence-corrected chi connectivity index (χ2v) is 6.61. The molecule has 0 aliphatic rings. The van der Waals surface area contributed by atoms with Crippen LogP contribution in [-0.2, 0) is 0 Å². The molecule has 30 heavy (non-hydrogen) atoms. The smallest absolute Gasteiger partial charge is 0.256 e. The number of hydrogen-bond acceptors (Lipinski definition) is 4. The Labute approximate surface area is 172 Å². The predicted molar refractivity (Wildman–Crippen MR) is 117 cm³/mol. The van der Waals surface area contributed by atoms with Crippen LogP contribution in [0.2, 0.25) is 0 Å². The van der Waals surface area contributed by atoms with Gasteiger partial charge in [0.25, 0.3) is 11.8 Å². The van der Waals surface area contributed by atoms with Crippen LogP contribution in [0.15, 0.2) is 84.9 Å². The summed E-state index contributed by atoms with van der Waals surface area (Å²) < 4.78 is 0. The number of nitrogens with two attached hydrogens (primary N) is 1. The van der Waals surface area contributed by atoms with Gasteiger partial charge in [0.05, 0.1) is 17.1 Å². The van der Waals surface area contributed by atoms with E-state index in [9.17, 15) is 9.59 Å². The molecule has 0 bridgehead atoms. The van der Waals surface area contributed by atoms with Crippen molar-refractivity contribution >= 4 is 29.0 Å². The summed E-state index contributed by atoms with van der Waals surface area (Å²) in [5.41, 5.74) is 9.39. The molecule has 0 radical (unpaired) electrons. The van der Waals surface area contributed by atoms with Gasteiger partial charge in [0.1, 0.15) is 0 Å². The summed E-state index contributed by atoms with van der Waals surface area (Å²) in [6, 6.07) is 24.8. The molecule has 0 saturated carbocycles. The first kappa shape index (κ1) is 18.9. The molecule has 0 atom stereocenters. The second-order valence-electron chi connectivity index (χ2n) is 6.61. The van der Waals surface area contributed by atoms with Gasteiger partial charge < -0.3 is 16.4 Å². The Hall–Kier alpha value is -4.39. The van der Waals surface area contributed by atoms with E-state index in [1.165, 1.54) is 0 Å². The normalized spacial score (nSPS) is 10.4. The fourth-order valence-electron chi connectivity index (χ4n) is 2.94. The van der Waals surface area contributed by atoms with Crippen LogP contribution in [0.4, 0.5) is 17.2 Å². The highest BCUT2D eigenvalue weighted by Gasteiger charge is 2.12. The number of rotatable bonds is 5. The third-order valence-electron chi connectivity index (χ3n) is 4.50. The van der Waals surface area contributed by atoms with Crippen molar-refractivity contribution in [2.75, 3.05) is 16.4 Å². The number of nitrogen functional groups attached to an aromatic ring is 1. The average Bonchev–Trinajstić information content (AvgIpc) is 3.24. The average molecular weight is 397 g/mol. The third-order valence-corrected chi connectivity index (χ3v) is 4.50. The number of nitrogens with one attached hydrogen (secondary N) is 3. The van der Waals surface area contributed by atoms with Gasteiger partial charge in [-0.3, -0.25) is 14.7 Å². The van der Waals surface area contributed by atoms with Gasteiger partial charge >= 0.3 is 0 Å². The number of benzene rings is 3. The lowest BCUT2D eigenvalue weighted by Crippen LogP contribution is -2.13. The maximum Gasteiger partial charge on any atom is 0.256 e. The quantitative estimate of drug-likeness (QED) is 0.379. The fraction of sp³-hybridized carbons (Fsp3) is 0. The van der Waals surface area contributed by atoms with Crippen LogP contribution in [0.3, 0.4) is 0 Å². The third kappa shape index (κ3) is 4.20. The first-order valence-corrected chi connectivity index (χ1v) is 9.28. The number of aromatic nitrogens is 2. The van der Waals surface area contributed by atoms with Gasteiger partial charge in [0, 0.05) is 22.8 Å². The molecule has 0 aliphatic carbocycles. The summed E-state index contributed by atoms with van der Waals surface area (Å²) in [6.07, 6.45) is 0. The number of anilines is 3. The molecule has 1 aromatic heterocycles. The van der Waals surface area contributed by atoms with Crippen molar-refractivity contribution in [3.63, 3.8) is 0 Å². The lowest BCUT2D eigenvalue weighted by atomic mass is 10.1. The molecule has 0 unspecified atom stereocenters. The summed E-state index contributed by atoms with van der Waals surface area (Å²) >= 11 is 0. The SMILES string of the molecule is Nc1ccccc1NC(=O)c1cccc(-c2cc(NC(=O)c3ccccc3)n[nH]2)c1. The number of H-pyrrole nitrogens is 1. The van der Waals surface area contributed by atoms with E-state index >= 15 is 0 Å². The van der Waals surface area contributed by atoms with Crippen molar-refractivity contribution in [1.29, 1.82) is 0 Å². The molecule has 7 nitrogen and oxygen atoms in total. The molecule has 0 fully saturated rings. The molecule has 7 heteroatoms. The van der Waals surface area contributed by atoms with Crippen LogP contribution in [-0.4, -0.2) is 22.0 Å². The van der Waals surface area contributed by atoms with E-state index in [1.807, 2.05) is 12.1 Å². The summed E-state index contributed by atoms with van der Waals surface area (Å²) in [4.78, 5) is 24.9. The standard InChI is InChI=1S/C23H19N5O2/c24-18-11-4-5-12-19(18)25-23(30)17-10-6-9-16(13-17)20-14-21(28-27-20)26-22(29)15-7-2-1-3-8-15/h1-14H,24H2,(H,25,30)(H2,26,27,28,29). The van der Waals surface area contributed by atoms with E-state index in [0.29, 0.717) is 34.0 Å². The Balaban J connectivity index is 1.50. The van der Waals surface area contributed by atoms with Crippen molar-refractivity contribution in [2.45, 2.75) is 0 Å². The van der Waals surface area contributed by atoms with Crippen LogP contribution in [0, 0.1) is 0 Å². The molecule has 3 aromatic carbocycles. The molecule has 4 aromatic rings. The summed E-state index contributed by atoms with van der Waals surface area (Å²) in [5.74, 6) is -0.125. The van der Waals surface area contributed by atoms with Crippen LogP contribution < -0.4 is 16.4 Å². The molecule has 148 valence electrons. The minimum Gasteiger partial charge on any atom is -0.397 e. The zero-order valence-electron chi connectivity index (χ0n) is 15.9. The maximum atomic E-state index is 12.6. The number of carbonyl (C=O) groups excluding carboxylic acids is 2. The second kappa shape index (κ2) is 8.32. The Morgan fingerprint density at radius 3 is 2.27 bits per heavy atom. The van der Waals surface area contributed by atoms with Crippen LogP contribution in [0.5, 0.6) is 0 Å². The number of nitrogens with zero attached hydrogens (tertiary/aromatic N) is 1. The van der Waals surface area contributed by atoms with Gasteiger partial charge in [-0.25, -0.2) is 0 Å². The predicted octanol–water partition coefficient (Wildman–Crippen LogP) is 4.16. The summed E-state index contributed by atoms with van der Waals surface area (Å²) in [6.45, 7) is 0. The Kier molecular flexibility index (Phi) is 5.25. The van der Waals surface area contributed by atoms with Crippen LogP contribution in [0.25, 0.3) is 11.3 Å². The molecular formula is C23H19N5O2. The largest absolute Gasteiger partial charge is 0.397 e. The number of para-hydroxylation sites is 2. The van der Waals surface area contributed by atoms with Crippen LogP contribution >= 0.6 is 0 Å². The summed E-state index contributed by atoms with van der Waals surface area (Å²) in [7, 11) is 0. The minimum atomic E-state index is -0.271. The zero-order chi connectivity index (χ0) is 20.9. The van der Waals surface area contributed by atoms with E-state index < -0.39 is 0 Å². The van der Waals surface area contributed by atoms with Gasteiger partial charge in [-0.2, -0.15) is 5.10 Å². The van der Waals surface area contributed by atoms with Crippen molar-refractivity contribution in [1.82, 2.24) is 10.2 Å². The van der Waals surface area contributed by atoms with Crippen molar-refractivity contribution in [3.8, 4) is 11.3 Å². The van der Waals surface area contributed by atoms with Crippen molar-refractivity contribution in [2.24, 2.45) is 0 Å². The van der Waals surface area contributed by atoms with E-state index in [2.05, 4.69) is 20.8 Å². The Morgan fingerprint density at radius 2 is 1.47 bits per heavy atom. The van der Waals surface area contributed by atoms with E-state index in [0.717, 1.165) is 5.56 Å². The van der Waals surface area contributed by atoms with E-state index in [-0.39, 0.29) is 11.8 Å². The topological polar surface area (TPSA) is 113 Å². The maximum absolute atomic E-state index is 12.6. The molecule has 4 rings (SSSR count). The Bertz CT molecular complexity index is 1200.